The molecule has 0 spiro atoms. The van der Waals surface area contributed by atoms with Crippen molar-refractivity contribution >= 4 is 5.97 Å². The lowest BCUT2D eigenvalue weighted by Crippen LogP contribution is -2.05. The second-order valence-electron chi connectivity index (χ2n) is 8.69. The van der Waals surface area contributed by atoms with Gasteiger partial charge in [-0.2, -0.15) is 0 Å². The van der Waals surface area contributed by atoms with E-state index in [0.717, 1.165) is 12.8 Å². The molecular weight excluding hydrogens is 344 g/mol. The molecule has 0 aliphatic rings. The Kier molecular flexibility index (Phi) is 24.0. The standard InChI is InChI=1S/C26H52O2/c1-3-5-7-9-11-12-13-14-15-16-17-18-19-20-22-24-26(27)28-25-23-21-10-8-6-4-2/h3-25H2,1-2H3. The van der Waals surface area contributed by atoms with Crippen molar-refractivity contribution in [3.05, 3.63) is 0 Å². The highest BCUT2D eigenvalue weighted by Crippen LogP contribution is 2.14. The van der Waals surface area contributed by atoms with E-state index in [9.17, 15) is 4.79 Å². The molecule has 0 heterocycles. The first-order valence-corrected chi connectivity index (χ1v) is 13.0. The van der Waals surface area contributed by atoms with Gasteiger partial charge in [0.1, 0.15) is 0 Å². The maximum absolute atomic E-state index is 11.7. The molecule has 2 nitrogen and oxygen atoms in total. The van der Waals surface area contributed by atoms with E-state index in [1.165, 1.54) is 122 Å². The summed E-state index contributed by atoms with van der Waals surface area (Å²) in [4.78, 5) is 11.7. The average Bonchev–Trinajstić information content (AvgIpc) is 2.70. The van der Waals surface area contributed by atoms with Crippen LogP contribution >= 0.6 is 0 Å². The second-order valence-corrected chi connectivity index (χ2v) is 8.69. The summed E-state index contributed by atoms with van der Waals surface area (Å²) >= 11 is 0. The molecule has 0 aliphatic carbocycles. The average molecular weight is 397 g/mol. The normalized spacial score (nSPS) is 11.1. The third-order valence-corrected chi connectivity index (χ3v) is 5.75. The van der Waals surface area contributed by atoms with E-state index in [4.69, 9.17) is 4.74 Å². The Bertz CT molecular complexity index is 301. The van der Waals surface area contributed by atoms with E-state index in [0.29, 0.717) is 13.0 Å². The zero-order chi connectivity index (χ0) is 20.5. The predicted octanol–water partition coefficient (Wildman–Crippen LogP) is 9.15. The fourth-order valence-corrected chi connectivity index (χ4v) is 3.78. The molecule has 0 N–H and O–H groups in total. The quantitative estimate of drug-likeness (QED) is 0.127. The minimum atomic E-state index is 0.0169. The zero-order valence-electron chi connectivity index (χ0n) is 19.6. The van der Waals surface area contributed by atoms with Crippen LogP contribution in [0.4, 0.5) is 0 Å². The SMILES string of the molecule is CCCCCCCCCCCCCCCCCC(=O)OCCCCCCCC. The number of hydrogen-bond acceptors (Lipinski definition) is 2. The van der Waals surface area contributed by atoms with Gasteiger partial charge < -0.3 is 4.74 Å². The minimum absolute atomic E-state index is 0.0169. The molecule has 0 rings (SSSR count). The van der Waals surface area contributed by atoms with E-state index in [1.54, 1.807) is 0 Å². The highest BCUT2D eigenvalue weighted by atomic mass is 16.5. The molecule has 0 aromatic carbocycles. The van der Waals surface area contributed by atoms with Gasteiger partial charge >= 0.3 is 5.97 Å². The van der Waals surface area contributed by atoms with Crippen LogP contribution in [0.3, 0.4) is 0 Å². The molecule has 0 saturated heterocycles. The van der Waals surface area contributed by atoms with Gasteiger partial charge in [-0.15, -0.1) is 0 Å². The van der Waals surface area contributed by atoms with Crippen molar-refractivity contribution in [1.29, 1.82) is 0 Å². The Morgan fingerprint density at radius 3 is 1.18 bits per heavy atom. The van der Waals surface area contributed by atoms with E-state index < -0.39 is 0 Å². The number of hydrogen-bond donors (Lipinski definition) is 0. The van der Waals surface area contributed by atoms with Crippen molar-refractivity contribution in [2.24, 2.45) is 0 Å². The van der Waals surface area contributed by atoms with Crippen LogP contribution in [0.25, 0.3) is 0 Å². The summed E-state index contributed by atoms with van der Waals surface area (Å²) in [7, 11) is 0. The van der Waals surface area contributed by atoms with E-state index >= 15 is 0 Å². The maximum atomic E-state index is 11.7. The first-order chi connectivity index (χ1) is 13.8. The highest BCUT2D eigenvalue weighted by molar-refractivity contribution is 5.69. The molecule has 168 valence electrons. The van der Waals surface area contributed by atoms with Crippen molar-refractivity contribution in [3.8, 4) is 0 Å². The smallest absolute Gasteiger partial charge is 0.305 e. The topological polar surface area (TPSA) is 26.3 Å². The third-order valence-electron chi connectivity index (χ3n) is 5.75. The van der Waals surface area contributed by atoms with Gasteiger partial charge in [-0.3, -0.25) is 4.79 Å². The fourth-order valence-electron chi connectivity index (χ4n) is 3.78. The Labute approximate surface area is 177 Å². The molecule has 28 heavy (non-hydrogen) atoms. The maximum Gasteiger partial charge on any atom is 0.305 e. The minimum Gasteiger partial charge on any atom is -0.466 e. The lowest BCUT2D eigenvalue weighted by atomic mass is 10.0. The molecular formula is C26H52O2. The molecule has 0 aromatic heterocycles. The van der Waals surface area contributed by atoms with Gasteiger partial charge in [0.2, 0.25) is 0 Å². The number of ether oxygens (including phenoxy) is 1. The van der Waals surface area contributed by atoms with Crippen molar-refractivity contribution in [2.75, 3.05) is 6.61 Å². The van der Waals surface area contributed by atoms with Crippen LogP contribution in [-0.2, 0) is 9.53 Å². The van der Waals surface area contributed by atoms with Crippen molar-refractivity contribution < 1.29 is 9.53 Å². The summed E-state index contributed by atoms with van der Waals surface area (Å²) in [6, 6.07) is 0. The van der Waals surface area contributed by atoms with Gasteiger partial charge in [0.05, 0.1) is 6.61 Å². The second kappa shape index (κ2) is 24.5. The summed E-state index contributed by atoms with van der Waals surface area (Å²) in [6.07, 6.45) is 28.5. The molecule has 0 fully saturated rings. The van der Waals surface area contributed by atoms with E-state index in [1.807, 2.05) is 0 Å². The van der Waals surface area contributed by atoms with Crippen LogP contribution in [0.15, 0.2) is 0 Å². The number of esters is 1. The van der Waals surface area contributed by atoms with Gasteiger partial charge in [-0.25, -0.2) is 0 Å². The summed E-state index contributed by atoms with van der Waals surface area (Å²) in [6.45, 7) is 5.15. The van der Waals surface area contributed by atoms with Crippen LogP contribution in [0.1, 0.15) is 155 Å². The molecule has 0 bridgehead atoms. The highest BCUT2D eigenvalue weighted by Gasteiger charge is 2.02. The Morgan fingerprint density at radius 2 is 0.786 bits per heavy atom. The fraction of sp³-hybridized carbons (Fsp3) is 0.962. The summed E-state index contributed by atoms with van der Waals surface area (Å²) in [5, 5.41) is 0. The van der Waals surface area contributed by atoms with Crippen LogP contribution in [0.2, 0.25) is 0 Å². The van der Waals surface area contributed by atoms with Crippen molar-refractivity contribution in [1.82, 2.24) is 0 Å². The van der Waals surface area contributed by atoms with Crippen LogP contribution in [0, 0.1) is 0 Å². The van der Waals surface area contributed by atoms with Gasteiger partial charge in [0, 0.05) is 6.42 Å². The predicted molar refractivity (Wildman–Crippen MR) is 124 cm³/mol. The molecule has 0 aliphatic heterocycles. The lowest BCUT2D eigenvalue weighted by Gasteiger charge is -2.05. The zero-order valence-corrected chi connectivity index (χ0v) is 19.6. The largest absolute Gasteiger partial charge is 0.466 e. The first-order valence-electron chi connectivity index (χ1n) is 13.0. The number of carbonyl (C=O) groups is 1. The molecule has 0 amide bonds. The molecule has 0 aromatic rings. The lowest BCUT2D eigenvalue weighted by molar-refractivity contribution is -0.143. The van der Waals surface area contributed by atoms with Crippen LogP contribution in [0.5, 0.6) is 0 Å². The van der Waals surface area contributed by atoms with E-state index in [2.05, 4.69) is 13.8 Å². The molecule has 0 saturated carbocycles. The first kappa shape index (κ1) is 27.5. The van der Waals surface area contributed by atoms with Crippen molar-refractivity contribution in [2.45, 2.75) is 155 Å². The summed E-state index contributed by atoms with van der Waals surface area (Å²) < 4.78 is 5.33. The van der Waals surface area contributed by atoms with Crippen molar-refractivity contribution in [3.63, 3.8) is 0 Å². The number of rotatable bonds is 23. The summed E-state index contributed by atoms with van der Waals surface area (Å²) in [5.74, 6) is 0.0169. The monoisotopic (exact) mass is 396 g/mol. The molecule has 0 unspecified atom stereocenters. The Hall–Kier alpha value is -0.530. The van der Waals surface area contributed by atoms with Gasteiger partial charge in [-0.05, 0) is 12.8 Å². The molecule has 2 heteroatoms. The Balaban J connectivity index is 3.11. The van der Waals surface area contributed by atoms with Crippen LogP contribution in [-0.4, -0.2) is 12.6 Å². The van der Waals surface area contributed by atoms with Crippen LogP contribution < -0.4 is 0 Å². The molecule has 0 atom stereocenters. The number of carbonyl (C=O) groups excluding carboxylic acids is 1. The van der Waals surface area contributed by atoms with Gasteiger partial charge in [-0.1, -0.05) is 136 Å². The Morgan fingerprint density at radius 1 is 0.464 bits per heavy atom. The summed E-state index contributed by atoms with van der Waals surface area (Å²) in [5.41, 5.74) is 0. The molecule has 0 radical (unpaired) electrons. The van der Waals surface area contributed by atoms with E-state index in [-0.39, 0.29) is 5.97 Å². The third kappa shape index (κ3) is 23.5. The van der Waals surface area contributed by atoms with Gasteiger partial charge in [0.25, 0.3) is 0 Å². The van der Waals surface area contributed by atoms with Gasteiger partial charge in [0.15, 0.2) is 0 Å². The number of unbranched alkanes of at least 4 members (excludes halogenated alkanes) is 19.